The van der Waals surface area contributed by atoms with Crippen LogP contribution in [0.5, 0.6) is 0 Å². The topological polar surface area (TPSA) is 72.2 Å². The van der Waals surface area contributed by atoms with E-state index in [9.17, 15) is 8.42 Å². The van der Waals surface area contributed by atoms with E-state index in [4.69, 9.17) is 5.14 Å². The minimum atomic E-state index is -3.63. The van der Waals surface area contributed by atoms with Gasteiger partial charge in [0.15, 0.2) is 0 Å². The Balaban J connectivity index is 2.12. The minimum Gasteiger partial charge on any atom is -0.378 e. The Morgan fingerprint density at radius 3 is 2.32 bits per heavy atom. The van der Waals surface area contributed by atoms with Crippen molar-refractivity contribution in [2.45, 2.75) is 17.9 Å². The quantitative estimate of drug-likeness (QED) is 0.877. The first kappa shape index (κ1) is 14.5. The predicted molar refractivity (Wildman–Crippen MR) is 81.9 cm³/mol. The van der Waals surface area contributed by atoms with Gasteiger partial charge in [0.2, 0.25) is 10.0 Å². The van der Waals surface area contributed by atoms with Gasteiger partial charge in [0, 0.05) is 10.6 Å². The van der Waals surface area contributed by atoms with Crippen LogP contribution >= 0.6 is 27.3 Å². The van der Waals surface area contributed by atoms with Crippen molar-refractivity contribution in [3.63, 3.8) is 0 Å². The van der Waals surface area contributed by atoms with Crippen LogP contribution in [0.25, 0.3) is 0 Å². The molecule has 4 nitrogen and oxygen atoms in total. The van der Waals surface area contributed by atoms with Crippen LogP contribution in [0.15, 0.2) is 45.1 Å². The molecule has 19 heavy (non-hydrogen) atoms. The van der Waals surface area contributed by atoms with E-state index in [0.717, 1.165) is 9.47 Å². The average Bonchev–Trinajstić information content (AvgIpc) is 2.75. The summed E-state index contributed by atoms with van der Waals surface area (Å²) in [4.78, 5) is 1.31. The molecule has 1 atom stereocenters. The van der Waals surface area contributed by atoms with E-state index in [0.29, 0.717) is 0 Å². The van der Waals surface area contributed by atoms with Crippen LogP contribution in [0.3, 0.4) is 0 Å². The number of anilines is 1. The fraction of sp³-hybridized carbons (Fsp3) is 0.167. The van der Waals surface area contributed by atoms with Crippen LogP contribution in [0.1, 0.15) is 17.8 Å². The van der Waals surface area contributed by atoms with E-state index in [1.807, 2.05) is 19.1 Å². The SMILES string of the molecule is CC(Nc1ccc(S(N)(=O)=O)cc1)c1ccc(Br)s1. The molecule has 0 saturated heterocycles. The van der Waals surface area contributed by atoms with Crippen molar-refractivity contribution in [3.05, 3.63) is 45.1 Å². The van der Waals surface area contributed by atoms with Gasteiger partial charge in [-0.1, -0.05) is 0 Å². The van der Waals surface area contributed by atoms with Crippen molar-refractivity contribution in [1.29, 1.82) is 0 Å². The summed E-state index contributed by atoms with van der Waals surface area (Å²) in [6.45, 7) is 2.05. The smallest absolute Gasteiger partial charge is 0.238 e. The summed E-state index contributed by atoms with van der Waals surface area (Å²) in [6, 6.07) is 10.6. The highest BCUT2D eigenvalue weighted by atomic mass is 79.9. The molecular formula is C12H13BrN2O2S2. The molecule has 0 aliphatic rings. The lowest BCUT2D eigenvalue weighted by atomic mass is 10.2. The van der Waals surface area contributed by atoms with Crippen LogP contribution in [0, 0.1) is 0 Å². The Kier molecular flexibility index (Phi) is 4.29. The summed E-state index contributed by atoms with van der Waals surface area (Å²) in [5.41, 5.74) is 0.851. The van der Waals surface area contributed by atoms with Gasteiger partial charge >= 0.3 is 0 Å². The molecule has 0 saturated carbocycles. The Hall–Kier alpha value is -0.890. The molecule has 2 aromatic rings. The van der Waals surface area contributed by atoms with Gasteiger partial charge in [-0.3, -0.25) is 0 Å². The lowest BCUT2D eigenvalue weighted by Crippen LogP contribution is -2.12. The first-order valence-electron chi connectivity index (χ1n) is 5.51. The van der Waals surface area contributed by atoms with E-state index < -0.39 is 10.0 Å². The maximum absolute atomic E-state index is 11.1. The number of sulfonamides is 1. The molecule has 0 spiro atoms. The van der Waals surface area contributed by atoms with Crippen LogP contribution in [-0.4, -0.2) is 8.42 Å². The molecule has 0 radical (unpaired) electrons. The fourth-order valence-electron chi connectivity index (χ4n) is 1.62. The lowest BCUT2D eigenvalue weighted by molar-refractivity contribution is 0.598. The molecule has 1 heterocycles. The first-order valence-corrected chi connectivity index (χ1v) is 8.66. The Morgan fingerprint density at radius 1 is 1.21 bits per heavy atom. The summed E-state index contributed by atoms with van der Waals surface area (Å²) in [5, 5.41) is 8.35. The number of hydrogen-bond donors (Lipinski definition) is 2. The normalized spacial score (nSPS) is 13.2. The van der Waals surface area contributed by atoms with Crippen LogP contribution in [-0.2, 0) is 10.0 Å². The van der Waals surface area contributed by atoms with Crippen molar-refractivity contribution in [2.75, 3.05) is 5.32 Å². The van der Waals surface area contributed by atoms with E-state index in [1.165, 1.54) is 17.0 Å². The Morgan fingerprint density at radius 2 is 1.84 bits per heavy atom. The van der Waals surface area contributed by atoms with Gasteiger partial charge in [0.1, 0.15) is 0 Å². The molecular weight excluding hydrogens is 348 g/mol. The molecule has 1 aromatic carbocycles. The third-order valence-electron chi connectivity index (χ3n) is 2.59. The number of thiophene rings is 1. The van der Waals surface area contributed by atoms with Gasteiger partial charge in [0.05, 0.1) is 14.7 Å². The summed E-state index contributed by atoms with van der Waals surface area (Å²) >= 11 is 5.09. The monoisotopic (exact) mass is 360 g/mol. The molecule has 102 valence electrons. The van der Waals surface area contributed by atoms with E-state index in [1.54, 1.807) is 23.5 Å². The minimum absolute atomic E-state index is 0.115. The van der Waals surface area contributed by atoms with Crippen LogP contribution < -0.4 is 10.5 Å². The zero-order chi connectivity index (χ0) is 14.0. The van der Waals surface area contributed by atoms with Crippen molar-refractivity contribution in [3.8, 4) is 0 Å². The molecule has 3 N–H and O–H groups in total. The van der Waals surface area contributed by atoms with Gasteiger partial charge in [-0.15, -0.1) is 11.3 Å². The van der Waals surface area contributed by atoms with Crippen LogP contribution in [0.4, 0.5) is 5.69 Å². The Bertz CT molecular complexity index is 665. The third-order valence-corrected chi connectivity index (χ3v) is 5.32. The molecule has 1 aromatic heterocycles. The standard InChI is InChI=1S/C12H13BrN2O2S2/c1-8(11-6-7-12(13)18-11)15-9-2-4-10(5-3-9)19(14,16)17/h2-8,15H,1H3,(H2,14,16,17). The number of hydrogen-bond acceptors (Lipinski definition) is 4. The number of nitrogens with two attached hydrogens (primary N) is 1. The van der Waals surface area contributed by atoms with E-state index in [-0.39, 0.29) is 10.9 Å². The largest absolute Gasteiger partial charge is 0.378 e. The summed E-state index contributed by atoms with van der Waals surface area (Å²) < 4.78 is 23.4. The third kappa shape index (κ3) is 3.79. The van der Waals surface area contributed by atoms with Crippen LogP contribution in [0.2, 0.25) is 0 Å². The second-order valence-corrected chi connectivity index (χ2v) is 8.13. The number of rotatable bonds is 4. The summed E-state index contributed by atoms with van der Waals surface area (Å²) in [7, 11) is -3.63. The van der Waals surface area contributed by atoms with Crippen molar-refractivity contribution in [1.82, 2.24) is 0 Å². The highest BCUT2D eigenvalue weighted by Gasteiger charge is 2.10. The second-order valence-electron chi connectivity index (χ2n) is 4.08. The second kappa shape index (κ2) is 5.62. The fourth-order valence-corrected chi connectivity index (χ4v) is 3.56. The van der Waals surface area contributed by atoms with Gasteiger partial charge in [-0.25, -0.2) is 13.6 Å². The maximum Gasteiger partial charge on any atom is 0.238 e. The van der Waals surface area contributed by atoms with Crippen molar-refractivity contribution in [2.24, 2.45) is 5.14 Å². The van der Waals surface area contributed by atoms with Gasteiger partial charge in [0.25, 0.3) is 0 Å². The maximum atomic E-state index is 11.1. The summed E-state index contributed by atoms with van der Waals surface area (Å²) in [5.74, 6) is 0. The molecule has 0 amide bonds. The van der Waals surface area contributed by atoms with Gasteiger partial charge in [-0.05, 0) is 59.3 Å². The molecule has 2 rings (SSSR count). The molecule has 1 unspecified atom stereocenters. The van der Waals surface area contributed by atoms with Gasteiger partial charge in [-0.2, -0.15) is 0 Å². The van der Waals surface area contributed by atoms with Crippen molar-refractivity contribution < 1.29 is 8.42 Å². The number of benzene rings is 1. The number of halogens is 1. The zero-order valence-electron chi connectivity index (χ0n) is 10.1. The van der Waals surface area contributed by atoms with E-state index >= 15 is 0 Å². The lowest BCUT2D eigenvalue weighted by Gasteiger charge is -2.13. The molecule has 7 heteroatoms. The van der Waals surface area contributed by atoms with Crippen molar-refractivity contribution >= 4 is 43.0 Å². The average molecular weight is 361 g/mol. The molecule has 0 fully saturated rings. The first-order chi connectivity index (χ1) is 8.86. The highest BCUT2D eigenvalue weighted by molar-refractivity contribution is 9.11. The predicted octanol–water partition coefficient (Wildman–Crippen LogP) is 3.33. The van der Waals surface area contributed by atoms with E-state index in [2.05, 4.69) is 21.2 Å². The van der Waals surface area contributed by atoms with Gasteiger partial charge < -0.3 is 5.32 Å². The molecule has 0 aliphatic carbocycles. The molecule has 0 aliphatic heterocycles. The number of nitrogens with one attached hydrogen (secondary N) is 1. The summed E-state index contributed by atoms with van der Waals surface area (Å²) in [6.07, 6.45) is 0. The zero-order valence-corrected chi connectivity index (χ0v) is 13.3. The Labute approximate surface area is 124 Å². The number of primary sulfonamides is 1. The highest BCUT2D eigenvalue weighted by Crippen LogP contribution is 2.29. The molecule has 0 bridgehead atoms.